The second-order valence-corrected chi connectivity index (χ2v) is 5.48. The lowest BCUT2D eigenvalue weighted by Crippen LogP contribution is -2.33. The molecule has 5 heteroatoms. The summed E-state index contributed by atoms with van der Waals surface area (Å²) in [5.41, 5.74) is 0.530. The largest absolute Gasteiger partial charge is 0.340 e. The van der Waals surface area contributed by atoms with Crippen molar-refractivity contribution in [3.8, 4) is 0 Å². The van der Waals surface area contributed by atoms with E-state index in [4.69, 9.17) is 11.6 Å². The van der Waals surface area contributed by atoms with Gasteiger partial charge in [0.05, 0.1) is 10.6 Å². The monoisotopic (exact) mass is 318 g/mol. The predicted octanol–water partition coefficient (Wildman–Crippen LogP) is 2.74. The lowest BCUT2D eigenvalue weighted by atomic mass is 10.2. The van der Waals surface area contributed by atoms with E-state index in [0.29, 0.717) is 17.1 Å². The average molecular weight is 320 g/mol. The van der Waals surface area contributed by atoms with E-state index in [2.05, 4.69) is 15.9 Å². The third-order valence-electron chi connectivity index (χ3n) is 2.39. The van der Waals surface area contributed by atoms with Crippen LogP contribution in [-0.4, -0.2) is 49.9 Å². The summed E-state index contributed by atoms with van der Waals surface area (Å²) in [6, 6.07) is 5.29. The van der Waals surface area contributed by atoms with E-state index >= 15 is 0 Å². The minimum atomic E-state index is -0.0573. The molecule has 0 bridgehead atoms. The first-order chi connectivity index (χ1) is 7.91. The van der Waals surface area contributed by atoms with Crippen LogP contribution in [0.25, 0.3) is 0 Å². The van der Waals surface area contributed by atoms with Crippen LogP contribution in [0.4, 0.5) is 0 Å². The van der Waals surface area contributed by atoms with E-state index < -0.39 is 0 Å². The molecule has 1 rings (SSSR count). The molecule has 1 aromatic carbocycles. The zero-order chi connectivity index (χ0) is 13.0. The van der Waals surface area contributed by atoms with Gasteiger partial charge in [0.1, 0.15) is 0 Å². The number of hydrogen-bond acceptors (Lipinski definition) is 2. The highest BCUT2D eigenvalue weighted by atomic mass is 79.9. The summed E-state index contributed by atoms with van der Waals surface area (Å²) < 4.78 is 0.853. The first-order valence-electron chi connectivity index (χ1n) is 5.27. The van der Waals surface area contributed by atoms with Gasteiger partial charge in [0, 0.05) is 24.6 Å². The molecule has 0 unspecified atom stereocenters. The normalized spacial score (nSPS) is 10.7. The number of hydrogen-bond donors (Lipinski definition) is 0. The van der Waals surface area contributed by atoms with E-state index in [1.807, 2.05) is 25.1 Å². The summed E-state index contributed by atoms with van der Waals surface area (Å²) in [7, 11) is 5.73. The Kier molecular flexibility index (Phi) is 5.43. The van der Waals surface area contributed by atoms with Crippen molar-refractivity contribution in [3.05, 3.63) is 33.3 Å². The van der Waals surface area contributed by atoms with Gasteiger partial charge in [-0.25, -0.2) is 0 Å². The van der Waals surface area contributed by atoms with E-state index in [1.165, 1.54) is 0 Å². The molecule has 0 saturated heterocycles. The zero-order valence-electron chi connectivity index (χ0n) is 10.2. The topological polar surface area (TPSA) is 23.6 Å². The van der Waals surface area contributed by atoms with Crippen molar-refractivity contribution < 1.29 is 4.79 Å². The highest BCUT2D eigenvalue weighted by Crippen LogP contribution is 2.22. The Morgan fingerprint density at radius 2 is 1.94 bits per heavy atom. The fourth-order valence-electron chi connectivity index (χ4n) is 1.32. The smallest absolute Gasteiger partial charge is 0.255 e. The predicted molar refractivity (Wildman–Crippen MR) is 74.7 cm³/mol. The maximum absolute atomic E-state index is 12.1. The number of amides is 1. The van der Waals surface area contributed by atoms with Crippen molar-refractivity contribution in [1.82, 2.24) is 9.80 Å². The van der Waals surface area contributed by atoms with Gasteiger partial charge in [-0.1, -0.05) is 27.5 Å². The van der Waals surface area contributed by atoms with Crippen LogP contribution in [0.1, 0.15) is 10.4 Å². The van der Waals surface area contributed by atoms with Crippen LogP contribution in [0.5, 0.6) is 0 Å². The van der Waals surface area contributed by atoms with E-state index in [9.17, 15) is 4.79 Å². The van der Waals surface area contributed by atoms with Gasteiger partial charge in [0.15, 0.2) is 0 Å². The highest BCUT2D eigenvalue weighted by Gasteiger charge is 2.15. The molecule has 0 atom stereocenters. The molecule has 1 aromatic rings. The van der Waals surface area contributed by atoms with Gasteiger partial charge in [-0.05, 0) is 32.3 Å². The molecule has 0 fully saturated rings. The van der Waals surface area contributed by atoms with Gasteiger partial charge in [-0.2, -0.15) is 0 Å². The number of rotatable bonds is 4. The van der Waals surface area contributed by atoms with Gasteiger partial charge >= 0.3 is 0 Å². The summed E-state index contributed by atoms with van der Waals surface area (Å²) in [6.07, 6.45) is 0. The molecule has 0 aliphatic rings. The van der Waals surface area contributed by atoms with Crippen LogP contribution < -0.4 is 0 Å². The number of nitrogens with zero attached hydrogens (tertiary/aromatic N) is 2. The van der Waals surface area contributed by atoms with Gasteiger partial charge in [0.25, 0.3) is 5.91 Å². The number of likely N-dealkylation sites (N-methyl/N-ethyl adjacent to an activating group) is 2. The standard InChI is InChI=1S/C12H16BrClN2O/c1-15(2)6-7-16(3)12(17)10-8-9(13)4-5-11(10)14/h4-5,8H,6-7H2,1-3H3. The second kappa shape index (κ2) is 6.38. The summed E-state index contributed by atoms with van der Waals surface area (Å²) in [4.78, 5) is 15.8. The van der Waals surface area contributed by atoms with E-state index in [-0.39, 0.29) is 5.91 Å². The van der Waals surface area contributed by atoms with Crippen LogP contribution in [0, 0.1) is 0 Å². The molecule has 17 heavy (non-hydrogen) atoms. The maximum atomic E-state index is 12.1. The van der Waals surface area contributed by atoms with Gasteiger partial charge in [0.2, 0.25) is 0 Å². The van der Waals surface area contributed by atoms with Crippen LogP contribution in [0.2, 0.25) is 5.02 Å². The summed E-state index contributed by atoms with van der Waals surface area (Å²) in [6.45, 7) is 1.50. The van der Waals surface area contributed by atoms with Crippen molar-refractivity contribution in [2.45, 2.75) is 0 Å². The molecule has 0 aromatic heterocycles. The average Bonchev–Trinajstić information content (AvgIpc) is 2.28. The van der Waals surface area contributed by atoms with E-state index in [1.54, 1.807) is 24.1 Å². The summed E-state index contributed by atoms with van der Waals surface area (Å²) in [5, 5.41) is 0.481. The minimum Gasteiger partial charge on any atom is -0.340 e. The molecule has 0 aliphatic carbocycles. The third-order valence-corrected chi connectivity index (χ3v) is 3.21. The van der Waals surface area contributed by atoms with Crippen LogP contribution in [0.15, 0.2) is 22.7 Å². The van der Waals surface area contributed by atoms with Crippen molar-refractivity contribution in [2.75, 3.05) is 34.2 Å². The molecule has 0 spiro atoms. The number of carbonyl (C=O) groups is 1. The number of benzene rings is 1. The van der Waals surface area contributed by atoms with Crippen LogP contribution >= 0.6 is 27.5 Å². The minimum absolute atomic E-state index is 0.0573. The first-order valence-corrected chi connectivity index (χ1v) is 6.44. The molecule has 0 radical (unpaired) electrons. The lowest BCUT2D eigenvalue weighted by Gasteiger charge is -2.20. The first kappa shape index (κ1) is 14.5. The highest BCUT2D eigenvalue weighted by molar-refractivity contribution is 9.10. The Morgan fingerprint density at radius 1 is 1.29 bits per heavy atom. The zero-order valence-corrected chi connectivity index (χ0v) is 12.5. The molecular formula is C12H16BrClN2O. The Labute approximate surface area is 115 Å². The Morgan fingerprint density at radius 3 is 2.53 bits per heavy atom. The molecular weight excluding hydrogens is 304 g/mol. The molecule has 0 aliphatic heterocycles. The molecule has 1 amide bonds. The van der Waals surface area contributed by atoms with Gasteiger partial charge < -0.3 is 9.80 Å². The van der Waals surface area contributed by atoms with Crippen molar-refractivity contribution in [2.24, 2.45) is 0 Å². The molecule has 0 heterocycles. The fourth-order valence-corrected chi connectivity index (χ4v) is 1.88. The molecule has 0 N–H and O–H groups in total. The summed E-state index contributed by atoms with van der Waals surface area (Å²) in [5.74, 6) is -0.0573. The number of halogens is 2. The van der Waals surface area contributed by atoms with Crippen molar-refractivity contribution in [3.63, 3.8) is 0 Å². The summed E-state index contributed by atoms with van der Waals surface area (Å²) >= 11 is 9.36. The van der Waals surface area contributed by atoms with Crippen molar-refractivity contribution >= 4 is 33.4 Å². The molecule has 94 valence electrons. The maximum Gasteiger partial charge on any atom is 0.255 e. The Hall–Kier alpha value is -0.580. The number of carbonyl (C=O) groups excluding carboxylic acids is 1. The van der Waals surface area contributed by atoms with Crippen LogP contribution in [0.3, 0.4) is 0 Å². The second-order valence-electron chi connectivity index (χ2n) is 4.15. The van der Waals surface area contributed by atoms with Crippen LogP contribution in [-0.2, 0) is 0 Å². The van der Waals surface area contributed by atoms with Gasteiger partial charge in [-0.3, -0.25) is 4.79 Å². The molecule has 0 saturated carbocycles. The molecule has 3 nitrogen and oxygen atoms in total. The Balaban J connectivity index is 2.78. The SMILES string of the molecule is CN(C)CCN(C)C(=O)c1cc(Br)ccc1Cl. The quantitative estimate of drug-likeness (QED) is 0.852. The fraction of sp³-hybridized carbons (Fsp3) is 0.417. The third kappa shape index (κ3) is 4.30. The van der Waals surface area contributed by atoms with Crippen molar-refractivity contribution in [1.29, 1.82) is 0 Å². The van der Waals surface area contributed by atoms with Gasteiger partial charge in [-0.15, -0.1) is 0 Å². The van der Waals surface area contributed by atoms with E-state index in [0.717, 1.165) is 11.0 Å². The Bertz CT molecular complexity index is 409. The lowest BCUT2D eigenvalue weighted by molar-refractivity contribution is 0.0786.